The van der Waals surface area contributed by atoms with Crippen LogP contribution in [-0.4, -0.2) is 34.8 Å². The molecule has 6 heteroatoms. The number of carbonyl (C=O) groups excluding carboxylic acids is 2. The molecule has 1 aliphatic heterocycles. The van der Waals surface area contributed by atoms with Crippen LogP contribution in [-0.2, 0) is 0 Å². The van der Waals surface area contributed by atoms with E-state index in [1.165, 1.54) is 6.07 Å². The SMILES string of the molecule is O=C(c1ccc(Cl)cc1)C1CCN(C(=O)c2cccc(O)c2Br)CC1. The number of Topliss-reactive ketones (excluding diaryl/α,β-unsaturated/α-hetero) is 1. The van der Waals surface area contributed by atoms with Crippen molar-refractivity contribution < 1.29 is 14.7 Å². The maximum Gasteiger partial charge on any atom is 0.255 e. The van der Waals surface area contributed by atoms with E-state index in [1.807, 2.05) is 0 Å². The van der Waals surface area contributed by atoms with Gasteiger partial charge < -0.3 is 10.0 Å². The first kappa shape index (κ1) is 18.0. The average Bonchev–Trinajstić information content (AvgIpc) is 2.64. The number of aromatic hydroxyl groups is 1. The van der Waals surface area contributed by atoms with Crippen LogP contribution in [0, 0.1) is 5.92 Å². The summed E-state index contributed by atoms with van der Waals surface area (Å²) in [7, 11) is 0. The van der Waals surface area contributed by atoms with E-state index in [1.54, 1.807) is 41.3 Å². The van der Waals surface area contributed by atoms with Gasteiger partial charge >= 0.3 is 0 Å². The number of amides is 1. The molecule has 1 aliphatic rings. The molecule has 0 radical (unpaired) electrons. The molecule has 4 nitrogen and oxygen atoms in total. The fourth-order valence-electron chi connectivity index (χ4n) is 3.05. The van der Waals surface area contributed by atoms with E-state index in [-0.39, 0.29) is 23.4 Å². The Morgan fingerprint density at radius 3 is 2.36 bits per heavy atom. The number of rotatable bonds is 3. The smallest absolute Gasteiger partial charge is 0.255 e. The zero-order valence-electron chi connectivity index (χ0n) is 13.4. The predicted octanol–water partition coefficient (Wildman–Crippen LogP) is 4.54. The monoisotopic (exact) mass is 421 g/mol. The minimum atomic E-state index is -0.139. The van der Waals surface area contributed by atoms with Crippen LogP contribution in [0.4, 0.5) is 0 Å². The van der Waals surface area contributed by atoms with Crippen LogP contribution in [0.2, 0.25) is 5.02 Å². The molecule has 0 unspecified atom stereocenters. The number of piperidine rings is 1. The van der Waals surface area contributed by atoms with Gasteiger partial charge in [-0.15, -0.1) is 0 Å². The molecular weight excluding hydrogens is 406 g/mol. The third-order valence-electron chi connectivity index (χ3n) is 4.49. The standard InChI is InChI=1S/C19H17BrClNO3/c20-17-15(2-1-3-16(17)23)19(25)22-10-8-13(9-11-22)18(24)12-4-6-14(21)7-5-12/h1-7,13,23H,8-11H2. The predicted molar refractivity (Wildman–Crippen MR) is 100 cm³/mol. The van der Waals surface area contributed by atoms with E-state index in [0.717, 1.165) is 0 Å². The Balaban J connectivity index is 1.65. The first-order valence-electron chi connectivity index (χ1n) is 8.04. The Morgan fingerprint density at radius 2 is 1.72 bits per heavy atom. The van der Waals surface area contributed by atoms with Gasteiger partial charge in [-0.1, -0.05) is 17.7 Å². The minimum Gasteiger partial charge on any atom is -0.507 e. The van der Waals surface area contributed by atoms with Crippen molar-refractivity contribution in [3.05, 3.63) is 63.1 Å². The fourth-order valence-corrected chi connectivity index (χ4v) is 3.61. The molecule has 3 rings (SSSR count). The molecule has 2 aromatic rings. The van der Waals surface area contributed by atoms with E-state index in [0.29, 0.717) is 46.6 Å². The van der Waals surface area contributed by atoms with Crippen LogP contribution in [0.5, 0.6) is 5.75 Å². The summed E-state index contributed by atoms with van der Waals surface area (Å²) >= 11 is 9.12. The zero-order valence-corrected chi connectivity index (χ0v) is 15.8. The van der Waals surface area contributed by atoms with Crippen molar-refractivity contribution in [1.29, 1.82) is 0 Å². The summed E-state index contributed by atoms with van der Waals surface area (Å²) in [6.45, 7) is 1.04. The van der Waals surface area contributed by atoms with Crippen molar-refractivity contribution in [1.82, 2.24) is 4.90 Å². The molecule has 0 aromatic heterocycles. The first-order valence-corrected chi connectivity index (χ1v) is 9.21. The number of hydrogen-bond acceptors (Lipinski definition) is 3. The lowest BCUT2D eigenvalue weighted by molar-refractivity contribution is 0.0649. The van der Waals surface area contributed by atoms with E-state index in [9.17, 15) is 14.7 Å². The third kappa shape index (κ3) is 3.88. The molecule has 1 fully saturated rings. The number of nitrogens with zero attached hydrogens (tertiary/aromatic N) is 1. The van der Waals surface area contributed by atoms with Crippen molar-refractivity contribution >= 4 is 39.2 Å². The van der Waals surface area contributed by atoms with Gasteiger partial charge in [-0.25, -0.2) is 0 Å². The second-order valence-corrected chi connectivity index (χ2v) is 7.31. The fraction of sp³-hybridized carbons (Fsp3) is 0.263. The van der Waals surface area contributed by atoms with Gasteiger partial charge in [-0.05, 0) is 65.2 Å². The summed E-state index contributed by atoms with van der Waals surface area (Å²) < 4.78 is 0.402. The van der Waals surface area contributed by atoms with Crippen LogP contribution >= 0.6 is 27.5 Å². The summed E-state index contributed by atoms with van der Waals surface area (Å²) in [6.07, 6.45) is 1.26. The third-order valence-corrected chi connectivity index (χ3v) is 5.58. The van der Waals surface area contributed by atoms with Gasteiger partial charge in [0.15, 0.2) is 5.78 Å². The second-order valence-electron chi connectivity index (χ2n) is 6.08. The normalized spacial score (nSPS) is 15.2. The molecule has 0 spiro atoms. The highest BCUT2D eigenvalue weighted by Gasteiger charge is 2.29. The van der Waals surface area contributed by atoms with Crippen molar-refractivity contribution in [2.24, 2.45) is 5.92 Å². The quantitative estimate of drug-likeness (QED) is 0.739. The molecule has 1 heterocycles. The molecule has 0 bridgehead atoms. The zero-order chi connectivity index (χ0) is 18.0. The maximum atomic E-state index is 12.6. The van der Waals surface area contributed by atoms with Crippen molar-refractivity contribution in [2.45, 2.75) is 12.8 Å². The van der Waals surface area contributed by atoms with Crippen LogP contribution in [0.1, 0.15) is 33.6 Å². The van der Waals surface area contributed by atoms with Gasteiger partial charge in [-0.2, -0.15) is 0 Å². The Morgan fingerprint density at radius 1 is 1.08 bits per heavy atom. The largest absolute Gasteiger partial charge is 0.507 e. The Labute approximate surface area is 159 Å². The number of hydrogen-bond donors (Lipinski definition) is 1. The minimum absolute atomic E-state index is 0.0404. The molecule has 25 heavy (non-hydrogen) atoms. The summed E-state index contributed by atoms with van der Waals surface area (Å²) in [4.78, 5) is 26.9. The molecule has 2 aromatic carbocycles. The topological polar surface area (TPSA) is 57.6 Å². The highest BCUT2D eigenvalue weighted by molar-refractivity contribution is 9.10. The number of benzene rings is 2. The number of likely N-dealkylation sites (tertiary alicyclic amines) is 1. The van der Waals surface area contributed by atoms with E-state index >= 15 is 0 Å². The highest BCUT2D eigenvalue weighted by atomic mass is 79.9. The van der Waals surface area contributed by atoms with E-state index in [4.69, 9.17) is 11.6 Å². The van der Waals surface area contributed by atoms with Gasteiger partial charge in [0.05, 0.1) is 10.0 Å². The van der Waals surface area contributed by atoms with Gasteiger partial charge in [0.25, 0.3) is 5.91 Å². The van der Waals surface area contributed by atoms with Gasteiger partial charge in [-0.3, -0.25) is 9.59 Å². The summed E-state index contributed by atoms with van der Waals surface area (Å²) in [5.74, 6) is -0.0843. The molecule has 1 saturated heterocycles. The van der Waals surface area contributed by atoms with Crippen molar-refractivity contribution in [3.63, 3.8) is 0 Å². The molecule has 1 N–H and O–H groups in total. The molecule has 0 atom stereocenters. The molecule has 0 saturated carbocycles. The maximum absolute atomic E-state index is 12.6. The number of ketones is 1. The van der Waals surface area contributed by atoms with Crippen molar-refractivity contribution in [3.8, 4) is 5.75 Å². The lowest BCUT2D eigenvalue weighted by Gasteiger charge is -2.31. The van der Waals surface area contributed by atoms with Crippen LogP contribution in [0.3, 0.4) is 0 Å². The van der Waals surface area contributed by atoms with Crippen LogP contribution in [0.25, 0.3) is 0 Å². The summed E-state index contributed by atoms with van der Waals surface area (Å²) in [6, 6.07) is 11.8. The Bertz CT molecular complexity index is 799. The Hall–Kier alpha value is -1.85. The van der Waals surface area contributed by atoms with E-state index < -0.39 is 0 Å². The van der Waals surface area contributed by atoms with Crippen LogP contribution < -0.4 is 0 Å². The number of halogens is 2. The highest BCUT2D eigenvalue weighted by Crippen LogP contribution is 2.30. The molecule has 1 amide bonds. The number of phenolic OH excluding ortho intramolecular Hbond substituents is 1. The van der Waals surface area contributed by atoms with E-state index in [2.05, 4.69) is 15.9 Å². The van der Waals surface area contributed by atoms with Crippen LogP contribution in [0.15, 0.2) is 46.9 Å². The molecular formula is C19H17BrClNO3. The van der Waals surface area contributed by atoms with Gasteiger partial charge in [0.1, 0.15) is 5.75 Å². The van der Waals surface area contributed by atoms with Gasteiger partial charge in [0, 0.05) is 29.6 Å². The number of carbonyl (C=O) groups is 2. The van der Waals surface area contributed by atoms with Gasteiger partial charge in [0.2, 0.25) is 0 Å². The molecule has 0 aliphatic carbocycles. The molecule has 130 valence electrons. The lowest BCUT2D eigenvalue weighted by atomic mass is 9.88. The second kappa shape index (κ2) is 7.58. The number of phenols is 1. The first-order chi connectivity index (χ1) is 12.0. The Kier molecular flexibility index (Phi) is 5.45. The summed E-state index contributed by atoms with van der Waals surface area (Å²) in [5.41, 5.74) is 1.09. The summed E-state index contributed by atoms with van der Waals surface area (Å²) in [5, 5.41) is 10.3. The average molecular weight is 423 g/mol. The van der Waals surface area contributed by atoms with Crippen molar-refractivity contribution in [2.75, 3.05) is 13.1 Å². The lowest BCUT2D eigenvalue weighted by Crippen LogP contribution is -2.40.